The van der Waals surface area contributed by atoms with Gasteiger partial charge in [-0.15, -0.1) is 0 Å². The van der Waals surface area contributed by atoms with Crippen LogP contribution in [0, 0.1) is 5.41 Å². The minimum absolute atomic E-state index is 0.0620. The minimum Gasteiger partial charge on any atom is -0.462 e. The number of carbonyl (C=O) groups is 2. The van der Waals surface area contributed by atoms with Gasteiger partial charge in [0.25, 0.3) is 0 Å². The Morgan fingerprint density at radius 1 is 1.23 bits per heavy atom. The number of hydrogen-bond donors (Lipinski definition) is 1. The molecule has 0 spiro atoms. The van der Waals surface area contributed by atoms with Gasteiger partial charge in [-0.2, -0.15) is 13.2 Å². The van der Waals surface area contributed by atoms with Crippen molar-refractivity contribution in [3.05, 3.63) is 57.9 Å². The number of ether oxygens (including phenoxy) is 1. The van der Waals surface area contributed by atoms with E-state index >= 15 is 0 Å². The summed E-state index contributed by atoms with van der Waals surface area (Å²) in [4.78, 5) is 26.0. The molecule has 0 bridgehead atoms. The molecule has 4 nitrogen and oxygen atoms in total. The molecule has 3 rings (SSSR count). The number of hydrogen-bond acceptors (Lipinski definition) is 4. The van der Waals surface area contributed by atoms with Crippen LogP contribution in [0.2, 0.25) is 0 Å². The molecule has 162 valence electrons. The van der Waals surface area contributed by atoms with Crippen LogP contribution >= 0.6 is 0 Å². The van der Waals surface area contributed by atoms with Crippen molar-refractivity contribution in [1.29, 1.82) is 0 Å². The number of nitrogens with one attached hydrogen (secondary N) is 1. The molecule has 30 heavy (non-hydrogen) atoms. The van der Waals surface area contributed by atoms with Crippen LogP contribution < -0.4 is 5.32 Å². The van der Waals surface area contributed by atoms with Gasteiger partial charge in [-0.3, -0.25) is 4.79 Å². The summed E-state index contributed by atoms with van der Waals surface area (Å²) in [5.41, 5.74) is 0.0271. The van der Waals surface area contributed by atoms with E-state index in [9.17, 15) is 22.8 Å². The van der Waals surface area contributed by atoms with Gasteiger partial charge in [0.05, 0.1) is 17.7 Å². The molecule has 0 amide bonds. The topological polar surface area (TPSA) is 55.4 Å². The normalized spacial score (nSPS) is 21.3. The van der Waals surface area contributed by atoms with Gasteiger partial charge in [0.2, 0.25) is 0 Å². The van der Waals surface area contributed by atoms with Crippen molar-refractivity contribution in [2.75, 3.05) is 6.61 Å². The highest BCUT2D eigenvalue weighted by Gasteiger charge is 2.46. The van der Waals surface area contributed by atoms with E-state index in [1.54, 1.807) is 6.92 Å². The third kappa shape index (κ3) is 4.16. The standard InChI is InChI=1S/C23H26F3NO3/c1-5-10-30-21(29)18-13(2)27-16-11-22(3,4)12-17(28)20(16)19(18)14-8-6-7-9-15(14)23(24,25)26/h6-9,19,27H,5,10-12H2,1-4H3/t19-/m0/s1. The number of esters is 1. The summed E-state index contributed by atoms with van der Waals surface area (Å²) < 4.78 is 46.8. The van der Waals surface area contributed by atoms with Crippen molar-refractivity contribution in [3.63, 3.8) is 0 Å². The Morgan fingerprint density at radius 2 is 1.90 bits per heavy atom. The first-order valence-electron chi connectivity index (χ1n) is 10.0. The van der Waals surface area contributed by atoms with Gasteiger partial charge in [0.1, 0.15) is 0 Å². The number of alkyl halides is 3. The van der Waals surface area contributed by atoms with Gasteiger partial charge < -0.3 is 10.1 Å². The molecule has 1 aromatic carbocycles. The Hall–Kier alpha value is -2.57. The van der Waals surface area contributed by atoms with Crippen LogP contribution in [0.4, 0.5) is 13.2 Å². The van der Waals surface area contributed by atoms with Crippen LogP contribution in [0.3, 0.4) is 0 Å². The predicted octanol–water partition coefficient (Wildman–Crippen LogP) is 5.26. The third-order valence-electron chi connectivity index (χ3n) is 5.47. The highest BCUT2D eigenvalue weighted by atomic mass is 19.4. The molecule has 1 aliphatic carbocycles. The van der Waals surface area contributed by atoms with Gasteiger partial charge in [-0.25, -0.2) is 4.79 Å². The third-order valence-corrected chi connectivity index (χ3v) is 5.47. The quantitative estimate of drug-likeness (QED) is 0.674. The second-order valence-electron chi connectivity index (χ2n) is 8.65. The Morgan fingerprint density at radius 3 is 2.53 bits per heavy atom. The van der Waals surface area contributed by atoms with Gasteiger partial charge in [0.15, 0.2) is 5.78 Å². The molecule has 1 aliphatic heterocycles. The summed E-state index contributed by atoms with van der Waals surface area (Å²) in [6.45, 7) is 7.51. The SMILES string of the molecule is CCCOC(=O)C1=C(C)NC2=C(C(=O)CC(C)(C)C2)[C@H]1c1ccccc1C(F)(F)F. The molecule has 0 fully saturated rings. The maximum absolute atomic E-state index is 13.8. The molecule has 7 heteroatoms. The van der Waals surface area contributed by atoms with Crippen molar-refractivity contribution in [2.24, 2.45) is 5.41 Å². The molecule has 2 aliphatic rings. The molecule has 1 aromatic rings. The summed E-state index contributed by atoms with van der Waals surface area (Å²) in [7, 11) is 0. The molecule has 0 radical (unpaired) electrons. The van der Waals surface area contributed by atoms with Gasteiger partial charge in [-0.05, 0) is 36.8 Å². The molecular weight excluding hydrogens is 395 g/mol. The fourth-order valence-corrected chi connectivity index (χ4v) is 4.30. The van der Waals surface area contributed by atoms with E-state index in [1.807, 2.05) is 20.8 Å². The van der Waals surface area contributed by atoms with E-state index in [1.165, 1.54) is 18.2 Å². The number of carbonyl (C=O) groups excluding carboxylic acids is 2. The molecule has 0 aromatic heterocycles. The number of ketones is 1. The van der Waals surface area contributed by atoms with Gasteiger partial charge in [-0.1, -0.05) is 39.0 Å². The predicted molar refractivity (Wildman–Crippen MR) is 106 cm³/mol. The van der Waals surface area contributed by atoms with E-state index in [4.69, 9.17) is 4.74 Å². The van der Waals surface area contributed by atoms with Crippen LogP contribution in [0.25, 0.3) is 0 Å². The Kier molecular flexibility index (Phi) is 5.85. The number of benzene rings is 1. The van der Waals surface area contributed by atoms with Crippen molar-refractivity contribution in [1.82, 2.24) is 5.32 Å². The average Bonchev–Trinajstić information content (AvgIpc) is 2.63. The summed E-state index contributed by atoms with van der Waals surface area (Å²) in [6, 6.07) is 5.13. The van der Waals surface area contributed by atoms with E-state index < -0.39 is 23.6 Å². The zero-order valence-electron chi connectivity index (χ0n) is 17.6. The lowest BCUT2D eigenvalue weighted by Crippen LogP contribution is -2.39. The number of halogens is 3. The zero-order chi connectivity index (χ0) is 22.3. The largest absolute Gasteiger partial charge is 0.462 e. The van der Waals surface area contributed by atoms with Crippen molar-refractivity contribution >= 4 is 11.8 Å². The zero-order valence-corrected chi connectivity index (χ0v) is 17.6. The van der Waals surface area contributed by atoms with Crippen LogP contribution in [-0.4, -0.2) is 18.4 Å². The van der Waals surface area contributed by atoms with E-state index in [0.717, 1.165) is 6.07 Å². The molecule has 0 unspecified atom stereocenters. The fraction of sp³-hybridized carbons (Fsp3) is 0.478. The van der Waals surface area contributed by atoms with Crippen LogP contribution in [-0.2, 0) is 20.5 Å². The van der Waals surface area contributed by atoms with E-state index in [2.05, 4.69) is 5.32 Å². The van der Waals surface area contributed by atoms with Crippen LogP contribution in [0.15, 0.2) is 46.8 Å². The van der Waals surface area contributed by atoms with Crippen molar-refractivity contribution in [2.45, 2.75) is 59.1 Å². The van der Waals surface area contributed by atoms with E-state index in [-0.39, 0.29) is 40.9 Å². The second-order valence-corrected chi connectivity index (χ2v) is 8.65. The monoisotopic (exact) mass is 421 g/mol. The number of Topliss-reactive ketones (excluding diaryl/α,β-unsaturated/α-hetero) is 1. The molecule has 0 saturated carbocycles. The lowest BCUT2D eigenvalue weighted by molar-refractivity contribution is -0.141. The number of dihydropyridines is 1. The van der Waals surface area contributed by atoms with Gasteiger partial charge in [0, 0.05) is 29.3 Å². The van der Waals surface area contributed by atoms with E-state index in [0.29, 0.717) is 24.2 Å². The first-order valence-corrected chi connectivity index (χ1v) is 10.0. The Labute approximate surface area is 174 Å². The summed E-state index contributed by atoms with van der Waals surface area (Å²) in [6.07, 6.45) is -3.33. The summed E-state index contributed by atoms with van der Waals surface area (Å²) >= 11 is 0. The minimum atomic E-state index is -4.62. The molecule has 1 atom stereocenters. The lowest BCUT2D eigenvalue weighted by atomic mass is 9.68. The summed E-state index contributed by atoms with van der Waals surface area (Å²) in [5, 5.41) is 3.13. The Balaban J connectivity index is 2.24. The highest BCUT2D eigenvalue weighted by molar-refractivity contribution is 6.04. The molecule has 1 heterocycles. The number of rotatable bonds is 4. The summed E-state index contributed by atoms with van der Waals surface area (Å²) in [5.74, 6) is -2.07. The fourth-order valence-electron chi connectivity index (χ4n) is 4.30. The second kappa shape index (κ2) is 7.93. The first-order chi connectivity index (χ1) is 14.0. The Bertz CT molecular complexity index is 941. The molecular formula is C23H26F3NO3. The highest BCUT2D eigenvalue weighted by Crippen LogP contribution is 2.49. The maximum Gasteiger partial charge on any atom is 0.416 e. The molecule has 0 saturated heterocycles. The van der Waals surface area contributed by atoms with Crippen LogP contribution in [0.5, 0.6) is 0 Å². The maximum atomic E-state index is 13.8. The van der Waals surface area contributed by atoms with Crippen molar-refractivity contribution < 1.29 is 27.5 Å². The number of allylic oxidation sites excluding steroid dienone is 3. The molecule has 1 N–H and O–H groups in total. The van der Waals surface area contributed by atoms with Gasteiger partial charge >= 0.3 is 12.1 Å². The average molecular weight is 421 g/mol. The lowest BCUT2D eigenvalue weighted by Gasteiger charge is -2.40. The first kappa shape index (κ1) is 22.1. The van der Waals surface area contributed by atoms with Crippen molar-refractivity contribution in [3.8, 4) is 0 Å². The van der Waals surface area contributed by atoms with Crippen LogP contribution in [0.1, 0.15) is 64.0 Å². The smallest absolute Gasteiger partial charge is 0.416 e.